The molecule has 4 rings (SSSR count). The Bertz CT molecular complexity index is 1470. The number of carbonyl (C=O) groups is 2. The second kappa shape index (κ2) is 13.3. The zero-order valence-electron chi connectivity index (χ0n) is 23.7. The van der Waals surface area contributed by atoms with Crippen LogP contribution in [0, 0.1) is 12.8 Å². The maximum Gasteiger partial charge on any atom is 0.326 e. The molecule has 0 spiro atoms. The molecule has 1 aliphatic rings. The first-order valence-corrected chi connectivity index (χ1v) is 15.9. The standard InChI is InChI=1S/C32H38N2O6S/c1-22-17-25(21-40-26-10-5-4-6-11-26)34(19-22)20-24-13-14-28(29(18-24)27-12-8-7-9-23(27)2)31(35)33-30(32(36)37)15-16-41(3,38)39/h4-14,18,22,25,30H,15-17,19-21H2,1-3H3,(H,33,35)(H,36,37). The van der Waals surface area contributed by atoms with Crippen molar-refractivity contribution in [3.8, 4) is 16.9 Å². The van der Waals surface area contributed by atoms with Gasteiger partial charge in [-0.1, -0.05) is 55.5 Å². The van der Waals surface area contributed by atoms with E-state index in [1.807, 2.05) is 73.7 Å². The van der Waals surface area contributed by atoms with E-state index in [-0.39, 0.29) is 18.2 Å². The monoisotopic (exact) mass is 578 g/mol. The lowest BCUT2D eigenvalue weighted by Gasteiger charge is -2.25. The molecule has 0 saturated carbocycles. The van der Waals surface area contributed by atoms with Crippen LogP contribution in [0.15, 0.2) is 72.8 Å². The maximum atomic E-state index is 13.4. The minimum absolute atomic E-state index is 0.211. The Morgan fingerprint density at radius 1 is 1.05 bits per heavy atom. The third kappa shape index (κ3) is 8.41. The summed E-state index contributed by atoms with van der Waals surface area (Å²) in [6.07, 6.45) is 1.86. The summed E-state index contributed by atoms with van der Waals surface area (Å²) in [6, 6.07) is 22.1. The van der Waals surface area contributed by atoms with E-state index in [2.05, 4.69) is 17.1 Å². The van der Waals surface area contributed by atoms with Crippen molar-refractivity contribution in [2.24, 2.45) is 5.92 Å². The van der Waals surface area contributed by atoms with Gasteiger partial charge in [-0.05, 0) is 72.2 Å². The number of likely N-dealkylation sites (tertiary alicyclic amines) is 1. The Kier molecular flexibility index (Phi) is 9.83. The van der Waals surface area contributed by atoms with Crippen molar-refractivity contribution in [3.63, 3.8) is 0 Å². The van der Waals surface area contributed by atoms with Crippen LogP contribution in [-0.4, -0.2) is 67.5 Å². The van der Waals surface area contributed by atoms with Crippen molar-refractivity contribution in [2.75, 3.05) is 25.2 Å². The number of carbonyl (C=O) groups excluding carboxylic acids is 1. The van der Waals surface area contributed by atoms with Gasteiger partial charge in [0.05, 0.1) is 5.75 Å². The van der Waals surface area contributed by atoms with E-state index in [0.29, 0.717) is 30.2 Å². The fourth-order valence-electron chi connectivity index (χ4n) is 5.36. The number of carboxylic acid groups (broad SMARTS) is 1. The molecule has 3 aromatic rings. The van der Waals surface area contributed by atoms with E-state index >= 15 is 0 Å². The number of para-hydroxylation sites is 1. The third-order valence-corrected chi connectivity index (χ3v) is 8.43. The lowest BCUT2D eigenvalue weighted by Crippen LogP contribution is -2.42. The number of ether oxygens (including phenoxy) is 1. The minimum Gasteiger partial charge on any atom is -0.492 e. The van der Waals surface area contributed by atoms with Crippen LogP contribution in [0.25, 0.3) is 11.1 Å². The summed E-state index contributed by atoms with van der Waals surface area (Å²) < 4.78 is 29.3. The summed E-state index contributed by atoms with van der Waals surface area (Å²) in [5.41, 5.74) is 3.93. The number of nitrogens with zero attached hydrogens (tertiary/aromatic N) is 1. The summed E-state index contributed by atoms with van der Waals surface area (Å²) in [5, 5.41) is 12.2. The molecule has 3 atom stereocenters. The molecule has 218 valence electrons. The number of aryl methyl sites for hydroxylation is 1. The summed E-state index contributed by atoms with van der Waals surface area (Å²) >= 11 is 0. The van der Waals surface area contributed by atoms with Crippen molar-refractivity contribution in [3.05, 3.63) is 89.5 Å². The van der Waals surface area contributed by atoms with Crippen LogP contribution >= 0.6 is 0 Å². The summed E-state index contributed by atoms with van der Waals surface area (Å²) in [5.74, 6) is -0.791. The van der Waals surface area contributed by atoms with Gasteiger partial charge in [-0.3, -0.25) is 9.69 Å². The fraction of sp³-hybridized carbons (Fsp3) is 0.375. The van der Waals surface area contributed by atoms with E-state index in [0.717, 1.165) is 41.7 Å². The molecular weight excluding hydrogens is 540 g/mol. The highest BCUT2D eigenvalue weighted by molar-refractivity contribution is 7.90. The lowest BCUT2D eigenvalue weighted by atomic mass is 9.93. The highest BCUT2D eigenvalue weighted by Crippen LogP contribution is 2.31. The van der Waals surface area contributed by atoms with Crippen LogP contribution < -0.4 is 10.1 Å². The Morgan fingerprint density at radius 2 is 1.76 bits per heavy atom. The molecule has 1 fully saturated rings. The van der Waals surface area contributed by atoms with E-state index in [9.17, 15) is 23.1 Å². The smallest absolute Gasteiger partial charge is 0.326 e. The Hall–Kier alpha value is -3.69. The van der Waals surface area contributed by atoms with Gasteiger partial charge in [0.25, 0.3) is 5.91 Å². The van der Waals surface area contributed by atoms with E-state index < -0.39 is 27.8 Å². The zero-order chi connectivity index (χ0) is 29.6. The van der Waals surface area contributed by atoms with Crippen LogP contribution in [-0.2, 0) is 21.2 Å². The molecule has 3 aromatic carbocycles. The number of rotatable bonds is 12. The van der Waals surface area contributed by atoms with Crippen LogP contribution in [0.5, 0.6) is 5.75 Å². The fourth-order valence-corrected chi connectivity index (χ4v) is 6.02. The number of nitrogens with one attached hydrogen (secondary N) is 1. The molecular formula is C32H38N2O6S. The lowest BCUT2D eigenvalue weighted by molar-refractivity contribution is -0.139. The number of hydrogen-bond acceptors (Lipinski definition) is 6. The van der Waals surface area contributed by atoms with Gasteiger partial charge in [0.2, 0.25) is 0 Å². The number of carboxylic acids is 1. The highest BCUT2D eigenvalue weighted by Gasteiger charge is 2.31. The van der Waals surface area contributed by atoms with Gasteiger partial charge < -0.3 is 15.2 Å². The van der Waals surface area contributed by atoms with Gasteiger partial charge in [0, 0.05) is 31.0 Å². The molecule has 1 heterocycles. The average molecular weight is 579 g/mol. The molecule has 8 nitrogen and oxygen atoms in total. The second-order valence-electron chi connectivity index (χ2n) is 11.0. The maximum absolute atomic E-state index is 13.4. The molecule has 3 unspecified atom stereocenters. The number of benzene rings is 3. The second-order valence-corrected chi connectivity index (χ2v) is 13.3. The summed E-state index contributed by atoms with van der Waals surface area (Å²) in [7, 11) is -3.38. The molecule has 1 saturated heterocycles. The normalized spacial score (nSPS) is 18.1. The van der Waals surface area contributed by atoms with Crippen molar-refractivity contribution in [1.29, 1.82) is 0 Å². The van der Waals surface area contributed by atoms with Gasteiger partial charge >= 0.3 is 5.97 Å². The number of sulfone groups is 1. The molecule has 0 aromatic heterocycles. The van der Waals surface area contributed by atoms with Crippen LogP contribution in [0.1, 0.15) is 41.3 Å². The summed E-state index contributed by atoms with van der Waals surface area (Å²) in [6.45, 7) is 6.41. The topological polar surface area (TPSA) is 113 Å². The van der Waals surface area contributed by atoms with Crippen molar-refractivity contribution < 1.29 is 27.9 Å². The van der Waals surface area contributed by atoms with Crippen LogP contribution in [0.3, 0.4) is 0 Å². The first-order valence-electron chi connectivity index (χ1n) is 13.8. The Balaban J connectivity index is 1.58. The van der Waals surface area contributed by atoms with Crippen molar-refractivity contribution in [2.45, 2.75) is 45.3 Å². The highest BCUT2D eigenvalue weighted by atomic mass is 32.2. The molecule has 1 aliphatic heterocycles. The number of amides is 1. The third-order valence-electron chi connectivity index (χ3n) is 7.45. The number of hydrogen-bond donors (Lipinski definition) is 2. The largest absolute Gasteiger partial charge is 0.492 e. The molecule has 0 aliphatic carbocycles. The Morgan fingerprint density at radius 3 is 2.44 bits per heavy atom. The molecule has 0 bridgehead atoms. The average Bonchev–Trinajstić information content (AvgIpc) is 3.28. The predicted molar refractivity (Wildman–Crippen MR) is 160 cm³/mol. The van der Waals surface area contributed by atoms with Crippen molar-refractivity contribution in [1.82, 2.24) is 10.2 Å². The molecule has 0 radical (unpaired) electrons. The Labute approximate surface area is 242 Å². The van der Waals surface area contributed by atoms with Gasteiger partial charge in [-0.2, -0.15) is 0 Å². The predicted octanol–water partition coefficient (Wildman–Crippen LogP) is 4.57. The van der Waals surface area contributed by atoms with Gasteiger partial charge in [0.15, 0.2) is 0 Å². The first-order chi connectivity index (χ1) is 19.5. The van der Waals surface area contributed by atoms with E-state index in [4.69, 9.17) is 4.74 Å². The van der Waals surface area contributed by atoms with Gasteiger partial charge in [-0.15, -0.1) is 0 Å². The first kappa shape index (κ1) is 30.3. The van der Waals surface area contributed by atoms with E-state index in [1.165, 1.54) is 0 Å². The number of aliphatic carboxylic acids is 1. The SMILES string of the molecule is Cc1ccccc1-c1cc(CN2CC(C)CC2COc2ccccc2)ccc1C(=O)NC(CCS(C)(=O)=O)C(=O)O. The van der Waals surface area contributed by atoms with Crippen molar-refractivity contribution >= 4 is 21.7 Å². The molecule has 2 N–H and O–H groups in total. The van der Waals surface area contributed by atoms with Gasteiger partial charge in [-0.25, -0.2) is 13.2 Å². The van der Waals surface area contributed by atoms with Crippen LogP contribution in [0.2, 0.25) is 0 Å². The quantitative estimate of drug-likeness (QED) is 0.324. The summed E-state index contributed by atoms with van der Waals surface area (Å²) in [4.78, 5) is 27.6. The van der Waals surface area contributed by atoms with Gasteiger partial charge in [0.1, 0.15) is 28.2 Å². The molecule has 1 amide bonds. The van der Waals surface area contributed by atoms with E-state index in [1.54, 1.807) is 6.07 Å². The van der Waals surface area contributed by atoms with Crippen LogP contribution in [0.4, 0.5) is 0 Å². The minimum atomic E-state index is -3.38. The molecule has 9 heteroatoms. The molecule has 41 heavy (non-hydrogen) atoms. The zero-order valence-corrected chi connectivity index (χ0v) is 24.6.